The van der Waals surface area contributed by atoms with Crippen molar-refractivity contribution in [2.45, 2.75) is 40.0 Å². The number of ether oxygens (including phenoxy) is 1. The molecule has 1 rings (SSSR count). The molecule has 5 nitrogen and oxygen atoms in total. The van der Waals surface area contributed by atoms with Crippen molar-refractivity contribution in [3.05, 3.63) is 24.3 Å². The summed E-state index contributed by atoms with van der Waals surface area (Å²) < 4.78 is 5.39. The molecule has 0 aromatic heterocycles. The van der Waals surface area contributed by atoms with Crippen molar-refractivity contribution in [3.8, 4) is 5.75 Å². The number of unbranched alkanes of at least 4 members (excludes halogenated alkanes) is 1. The lowest BCUT2D eigenvalue weighted by Crippen LogP contribution is -2.37. The van der Waals surface area contributed by atoms with Gasteiger partial charge in [-0.05, 0) is 37.6 Å². The van der Waals surface area contributed by atoms with Crippen molar-refractivity contribution in [3.63, 3.8) is 0 Å². The summed E-state index contributed by atoms with van der Waals surface area (Å²) in [6.45, 7) is 7.03. The van der Waals surface area contributed by atoms with Gasteiger partial charge in [-0.1, -0.05) is 13.3 Å². The van der Waals surface area contributed by atoms with Crippen LogP contribution in [0.15, 0.2) is 24.3 Å². The van der Waals surface area contributed by atoms with Crippen LogP contribution in [0.3, 0.4) is 0 Å². The molecule has 1 aromatic rings. The van der Waals surface area contributed by atoms with Gasteiger partial charge < -0.3 is 15.0 Å². The number of rotatable bonds is 9. The number of anilines is 1. The number of carbonyl (C=O) groups is 2. The predicted molar refractivity (Wildman–Crippen MR) is 88.2 cm³/mol. The van der Waals surface area contributed by atoms with E-state index in [4.69, 9.17) is 4.74 Å². The molecule has 0 radical (unpaired) electrons. The fraction of sp³-hybridized carbons (Fsp3) is 0.529. The van der Waals surface area contributed by atoms with Crippen LogP contribution >= 0.6 is 0 Å². The third kappa shape index (κ3) is 6.16. The Labute approximate surface area is 132 Å². The standard InChI is InChI=1S/C17H26N2O3/c1-4-6-7-17(21)18-12-13-19(14(3)20)15-8-10-16(11-9-15)22-5-2/h8-11H,4-7,12-13H2,1-3H3,(H,18,21). The summed E-state index contributed by atoms with van der Waals surface area (Å²) in [5.41, 5.74) is 0.804. The van der Waals surface area contributed by atoms with E-state index in [1.165, 1.54) is 6.92 Å². The van der Waals surface area contributed by atoms with Gasteiger partial charge in [-0.15, -0.1) is 0 Å². The van der Waals surface area contributed by atoms with Crippen molar-refractivity contribution >= 4 is 17.5 Å². The van der Waals surface area contributed by atoms with Gasteiger partial charge in [0.15, 0.2) is 0 Å². The fourth-order valence-electron chi connectivity index (χ4n) is 2.09. The highest BCUT2D eigenvalue weighted by Crippen LogP contribution is 2.19. The van der Waals surface area contributed by atoms with E-state index in [1.54, 1.807) is 4.90 Å². The second-order valence-electron chi connectivity index (χ2n) is 5.05. The number of benzene rings is 1. The summed E-state index contributed by atoms with van der Waals surface area (Å²) in [4.78, 5) is 25.0. The first-order chi connectivity index (χ1) is 10.6. The largest absolute Gasteiger partial charge is 0.494 e. The van der Waals surface area contributed by atoms with Crippen LogP contribution in [0, 0.1) is 0 Å². The molecule has 0 heterocycles. The molecule has 0 fully saturated rings. The molecule has 1 aromatic carbocycles. The van der Waals surface area contributed by atoms with Gasteiger partial charge in [-0.3, -0.25) is 9.59 Å². The van der Waals surface area contributed by atoms with Crippen molar-refractivity contribution < 1.29 is 14.3 Å². The highest BCUT2D eigenvalue weighted by Gasteiger charge is 2.11. The Morgan fingerprint density at radius 3 is 2.41 bits per heavy atom. The number of nitrogens with one attached hydrogen (secondary N) is 1. The predicted octanol–water partition coefficient (Wildman–Crippen LogP) is 2.74. The summed E-state index contributed by atoms with van der Waals surface area (Å²) in [7, 11) is 0. The second kappa shape index (κ2) is 9.82. The van der Waals surface area contributed by atoms with E-state index in [1.807, 2.05) is 31.2 Å². The molecule has 0 saturated heterocycles. The Bertz CT molecular complexity index is 471. The zero-order chi connectivity index (χ0) is 16.4. The first-order valence-electron chi connectivity index (χ1n) is 7.86. The number of nitrogens with zero attached hydrogens (tertiary/aromatic N) is 1. The van der Waals surface area contributed by atoms with Gasteiger partial charge >= 0.3 is 0 Å². The van der Waals surface area contributed by atoms with Crippen LogP contribution in [0.5, 0.6) is 5.75 Å². The SMILES string of the molecule is CCCCC(=O)NCCN(C(C)=O)c1ccc(OCC)cc1. The van der Waals surface area contributed by atoms with Crippen LogP contribution in [0.25, 0.3) is 0 Å². The van der Waals surface area contributed by atoms with Gasteiger partial charge in [-0.2, -0.15) is 0 Å². The van der Waals surface area contributed by atoms with Gasteiger partial charge in [0, 0.05) is 32.1 Å². The normalized spacial score (nSPS) is 10.1. The quantitative estimate of drug-likeness (QED) is 0.763. The lowest BCUT2D eigenvalue weighted by atomic mass is 10.2. The van der Waals surface area contributed by atoms with Crippen LogP contribution in [0.1, 0.15) is 40.0 Å². The average molecular weight is 306 g/mol. The topological polar surface area (TPSA) is 58.6 Å². The summed E-state index contributed by atoms with van der Waals surface area (Å²) >= 11 is 0. The van der Waals surface area contributed by atoms with Crippen LogP contribution < -0.4 is 15.0 Å². The van der Waals surface area contributed by atoms with Crippen LogP contribution in [-0.4, -0.2) is 31.5 Å². The second-order valence-corrected chi connectivity index (χ2v) is 5.05. The summed E-state index contributed by atoms with van der Waals surface area (Å²) in [6.07, 6.45) is 2.43. The average Bonchev–Trinajstić information content (AvgIpc) is 2.50. The Hall–Kier alpha value is -2.04. The van der Waals surface area contributed by atoms with Crippen LogP contribution in [0.2, 0.25) is 0 Å². The molecule has 0 saturated carbocycles. The van der Waals surface area contributed by atoms with Crippen LogP contribution in [-0.2, 0) is 9.59 Å². The molecule has 22 heavy (non-hydrogen) atoms. The maximum Gasteiger partial charge on any atom is 0.223 e. The molecule has 0 atom stereocenters. The molecule has 1 N–H and O–H groups in total. The molecule has 5 heteroatoms. The smallest absolute Gasteiger partial charge is 0.223 e. The van der Waals surface area contributed by atoms with Gasteiger partial charge in [-0.25, -0.2) is 0 Å². The number of amides is 2. The number of hydrogen-bond acceptors (Lipinski definition) is 3. The maximum atomic E-state index is 11.8. The monoisotopic (exact) mass is 306 g/mol. The van der Waals surface area contributed by atoms with E-state index < -0.39 is 0 Å². The van der Waals surface area contributed by atoms with E-state index >= 15 is 0 Å². The minimum atomic E-state index is -0.0491. The Morgan fingerprint density at radius 1 is 1.18 bits per heavy atom. The molecule has 0 aliphatic carbocycles. The van der Waals surface area contributed by atoms with Gasteiger partial charge in [0.25, 0.3) is 0 Å². The number of carbonyl (C=O) groups excluding carboxylic acids is 2. The lowest BCUT2D eigenvalue weighted by molar-refractivity contribution is -0.121. The molecule has 0 spiro atoms. The van der Waals surface area contributed by atoms with Gasteiger partial charge in [0.2, 0.25) is 11.8 Å². The minimum Gasteiger partial charge on any atom is -0.494 e. The van der Waals surface area contributed by atoms with Crippen LogP contribution in [0.4, 0.5) is 5.69 Å². The molecule has 2 amide bonds. The molecular weight excluding hydrogens is 280 g/mol. The minimum absolute atomic E-state index is 0.0389. The molecule has 0 aliphatic heterocycles. The third-order valence-electron chi connectivity index (χ3n) is 3.25. The van der Waals surface area contributed by atoms with E-state index in [0.717, 1.165) is 24.3 Å². The molecule has 0 aliphatic rings. The van der Waals surface area contributed by atoms with Crippen molar-refractivity contribution in [1.82, 2.24) is 5.32 Å². The van der Waals surface area contributed by atoms with E-state index in [0.29, 0.717) is 26.1 Å². The maximum absolute atomic E-state index is 11.8. The Kier molecular flexibility index (Phi) is 8.04. The zero-order valence-corrected chi connectivity index (χ0v) is 13.7. The van der Waals surface area contributed by atoms with E-state index in [9.17, 15) is 9.59 Å². The Balaban J connectivity index is 2.54. The highest BCUT2D eigenvalue weighted by molar-refractivity contribution is 5.91. The van der Waals surface area contributed by atoms with E-state index in [2.05, 4.69) is 12.2 Å². The molecule has 0 unspecified atom stereocenters. The number of hydrogen-bond donors (Lipinski definition) is 1. The highest BCUT2D eigenvalue weighted by atomic mass is 16.5. The van der Waals surface area contributed by atoms with Crippen molar-refractivity contribution in [2.75, 3.05) is 24.6 Å². The summed E-state index contributed by atoms with van der Waals surface area (Å²) in [5.74, 6) is 0.770. The third-order valence-corrected chi connectivity index (χ3v) is 3.25. The first kappa shape index (κ1) is 18.0. The summed E-state index contributed by atoms with van der Waals surface area (Å²) in [6, 6.07) is 7.39. The fourth-order valence-corrected chi connectivity index (χ4v) is 2.09. The zero-order valence-electron chi connectivity index (χ0n) is 13.7. The van der Waals surface area contributed by atoms with Gasteiger partial charge in [0.1, 0.15) is 5.75 Å². The summed E-state index contributed by atoms with van der Waals surface area (Å²) in [5, 5.41) is 2.85. The molecular formula is C17H26N2O3. The molecule has 0 bridgehead atoms. The lowest BCUT2D eigenvalue weighted by Gasteiger charge is -2.21. The van der Waals surface area contributed by atoms with Gasteiger partial charge in [0.05, 0.1) is 6.61 Å². The van der Waals surface area contributed by atoms with E-state index in [-0.39, 0.29) is 11.8 Å². The molecule has 122 valence electrons. The van der Waals surface area contributed by atoms with Crippen molar-refractivity contribution in [1.29, 1.82) is 0 Å². The first-order valence-corrected chi connectivity index (χ1v) is 7.86. The van der Waals surface area contributed by atoms with Crippen molar-refractivity contribution in [2.24, 2.45) is 0 Å². The Morgan fingerprint density at radius 2 is 1.86 bits per heavy atom.